The normalized spacial score (nSPS) is 11.4. The monoisotopic (exact) mass is 385 g/mol. The largest absolute Gasteiger partial charge is 0.383 e. The highest BCUT2D eigenvalue weighted by Gasteiger charge is 2.16. The van der Waals surface area contributed by atoms with Crippen molar-refractivity contribution >= 4 is 28.5 Å². The number of hydrogen-bond donors (Lipinski definition) is 2. The van der Waals surface area contributed by atoms with Crippen LogP contribution in [0, 0.1) is 11.8 Å². The van der Waals surface area contributed by atoms with Crippen molar-refractivity contribution in [3.05, 3.63) is 35.4 Å². The first-order valence-corrected chi connectivity index (χ1v) is 8.68. The number of aromatic nitrogens is 4. The molecule has 8 heteroatoms. The number of ether oxygens (including phenoxy) is 1. The number of rotatable bonds is 4. The van der Waals surface area contributed by atoms with Crippen molar-refractivity contribution < 1.29 is 9.84 Å². The summed E-state index contributed by atoms with van der Waals surface area (Å²) in [5.41, 5.74) is 7.42. The number of halogens is 1. The number of aliphatic hydroxyl groups is 1. The maximum absolute atomic E-state index is 9.83. The first kappa shape index (κ1) is 19.1. The van der Waals surface area contributed by atoms with Crippen LogP contribution in [0.3, 0.4) is 0 Å². The van der Waals surface area contributed by atoms with Crippen LogP contribution in [0.5, 0.6) is 0 Å². The SMILES string of the molecule is COCCn1cc(-c2nc(N)ncc2Cl)c2cc(C#CC(C)(C)O)ncc21. The molecule has 0 fully saturated rings. The molecule has 27 heavy (non-hydrogen) atoms. The number of anilines is 1. The number of methoxy groups -OCH3 is 1. The molecule has 3 heterocycles. The molecule has 0 aliphatic rings. The maximum atomic E-state index is 9.83. The lowest BCUT2D eigenvalue weighted by molar-refractivity contribution is 0.143. The fourth-order valence-electron chi connectivity index (χ4n) is 2.61. The zero-order valence-corrected chi connectivity index (χ0v) is 16.1. The van der Waals surface area contributed by atoms with E-state index < -0.39 is 5.60 Å². The molecule has 7 nitrogen and oxygen atoms in total. The van der Waals surface area contributed by atoms with E-state index in [1.165, 1.54) is 6.20 Å². The molecule has 0 atom stereocenters. The van der Waals surface area contributed by atoms with E-state index in [9.17, 15) is 5.11 Å². The van der Waals surface area contributed by atoms with Gasteiger partial charge in [0.15, 0.2) is 0 Å². The van der Waals surface area contributed by atoms with Gasteiger partial charge in [-0.05, 0) is 25.8 Å². The lowest BCUT2D eigenvalue weighted by Crippen LogP contribution is -2.14. The van der Waals surface area contributed by atoms with Crippen LogP contribution in [0.1, 0.15) is 19.5 Å². The Balaban J connectivity index is 2.20. The molecule has 3 aromatic rings. The average Bonchev–Trinajstić information content (AvgIpc) is 2.97. The van der Waals surface area contributed by atoms with Crippen LogP contribution in [0.15, 0.2) is 24.7 Å². The van der Waals surface area contributed by atoms with Crippen molar-refractivity contribution in [2.45, 2.75) is 26.0 Å². The summed E-state index contributed by atoms with van der Waals surface area (Å²) in [5, 5.41) is 11.1. The van der Waals surface area contributed by atoms with E-state index in [1.54, 1.807) is 27.2 Å². The standard InChI is InChI=1S/C19H20ClN5O2/c1-19(2,26)5-4-12-8-13-14(17-15(20)9-23-18(21)24-17)11-25(6-7-27-3)16(13)10-22-12/h8-11,26H,6-7H2,1-3H3,(H2,21,23,24). The summed E-state index contributed by atoms with van der Waals surface area (Å²) < 4.78 is 7.21. The highest BCUT2D eigenvalue weighted by Crippen LogP contribution is 2.33. The topological polar surface area (TPSA) is 99.1 Å². The third kappa shape index (κ3) is 4.37. The molecule has 0 aliphatic heterocycles. The molecule has 0 bridgehead atoms. The van der Waals surface area contributed by atoms with Gasteiger partial charge in [0.05, 0.1) is 35.2 Å². The zero-order chi connectivity index (χ0) is 19.6. The highest BCUT2D eigenvalue weighted by atomic mass is 35.5. The van der Waals surface area contributed by atoms with E-state index in [2.05, 4.69) is 26.8 Å². The number of fused-ring (bicyclic) bond motifs is 1. The van der Waals surface area contributed by atoms with Gasteiger partial charge in [0, 0.05) is 30.8 Å². The van der Waals surface area contributed by atoms with Crippen molar-refractivity contribution in [1.29, 1.82) is 0 Å². The quantitative estimate of drug-likeness (QED) is 0.669. The minimum absolute atomic E-state index is 0.142. The summed E-state index contributed by atoms with van der Waals surface area (Å²) in [6.45, 7) is 4.42. The zero-order valence-electron chi connectivity index (χ0n) is 15.3. The van der Waals surface area contributed by atoms with E-state index in [4.69, 9.17) is 22.1 Å². The fraction of sp³-hybridized carbons (Fsp3) is 0.316. The van der Waals surface area contributed by atoms with E-state index in [-0.39, 0.29) is 5.95 Å². The molecule has 3 rings (SSSR count). The van der Waals surface area contributed by atoms with Crippen molar-refractivity contribution in [2.24, 2.45) is 0 Å². The Labute approximate surface area is 162 Å². The summed E-state index contributed by atoms with van der Waals surface area (Å²) in [6.07, 6.45) is 5.15. The van der Waals surface area contributed by atoms with Gasteiger partial charge in [-0.15, -0.1) is 0 Å². The van der Waals surface area contributed by atoms with Gasteiger partial charge in [0.1, 0.15) is 11.3 Å². The van der Waals surface area contributed by atoms with E-state index in [0.717, 1.165) is 16.5 Å². The second kappa shape index (κ2) is 7.53. The number of nitrogen functional groups attached to an aromatic ring is 1. The van der Waals surface area contributed by atoms with E-state index in [1.807, 2.05) is 16.8 Å². The maximum Gasteiger partial charge on any atom is 0.220 e. The Hall–Kier alpha value is -2.66. The summed E-state index contributed by atoms with van der Waals surface area (Å²) in [6, 6.07) is 1.85. The first-order chi connectivity index (χ1) is 12.8. The number of nitrogens with zero attached hydrogens (tertiary/aromatic N) is 4. The van der Waals surface area contributed by atoms with Gasteiger partial charge >= 0.3 is 0 Å². The molecule has 0 spiro atoms. The minimum atomic E-state index is -1.10. The van der Waals surface area contributed by atoms with Gasteiger partial charge in [0.25, 0.3) is 0 Å². The van der Waals surface area contributed by atoms with E-state index in [0.29, 0.717) is 29.6 Å². The molecule has 0 aliphatic carbocycles. The molecular formula is C19H20ClN5O2. The minimum Gasteiger partial charge on any atom is -0.383 e. The molecule has 140 valence electrons. The summed E-state index contributed by atoms with van der Waals surface area (Å²) >= 11 is 6.31. The van der Waals surface area contributed by atoms with E-state index >= 15 is 0 Å². The van der Waals surface area contributed by atoms with Gasteiger partial charge in [-0.3, -0.25) is 0 Å². The second-order valence-electron chi connectivity index (χ2n) is 6.55. The molecular weight excluding hydrogens is 366 g/mol. The fourth-order valence-corrected chi connectivity index (χ4v) is 2.80. The Morgan fingerprint density at radius 2 is 2.11 bits per heavy atom. The smallest absolute Gasteiger partial charge is 0.220 e. The first-order valence-electron chi connectivity index (χ1n) is 8.30. The summed E-state index contributed by atoms with van der Waals surface area (Å²) in [5.74, 6) is 5.81. The number of hydrogen-bond acceptors (Lipinski definition) is 6. The van der Waals surface area contributed by atoms with Crippen LogP contribution < -0.4 is 5.73 Å². The van der Waals surface area contributed by atoms with Crippen molar-refractivity contribution in [3.8, 4) is 23.1 Å². The van der Waals surface area contributed by atoms with Crippen LogP contribution in [0.4, 0.5) is 5.95 Å². The van der Waals surface area contributed by atoms with Crippen molar-refractivity contribution in [2.75, 3.05) is 19.5 Å². The van der Waals surface area contributed by atoms with Crippen LogP contribution in [0.2, 0.25) is 5.02 Å². The Morgan fingerprint density at radius 3 is 2.81 bits per heavy atom. The molecule has 0 saturated carbocycles. The molecule has 3 aromatic heterocycles. The van der Waals surface area contributed by atoms with Gasteiger partial charge < -0.3 is 20.1 Å². The Kier molecular flexibility index (Phi) is 5.33. The predicted molar refractivity (Wildman–Crippen MR) is 105 cm³/mol. The summed E-state index contributed by atoms with van der Waals surface area (Å²) in [7, 11) is 1.65. The number of pyridine rings is 1. The van der Waals surface area contributed by atoms with Gasteiger partial charge in [-0.1, -0.05) is 17.5 Å². The Morgan fingerprint density at radius 1 is 1.33 bits per heavy atom. The molecule has 0 amide bonds. The Bertz CT molecular complexity index is 1040. The summed E-state index contributed by atoms with van der Waals surface area (Å²) in [4.78, 5) is 12.6. The number of nitrogens with two attached hydrogens (primary N) is 1. The van der Waals surface area contributed by atoms with Crippen LogP contribution in [-0.2, 0) is 11.3 Å². The third-order valence-corrected chi connectivity index (χ3v) is 4.09. The van der Waals surface area contributed by atoms with Crippen LogP contribution >= 0.6 is 11.6 Å². The molecule has 0 aromatic carbocycles. The molecule has 0 saturated heterocycles. The second-order valence-corrected chi connectivity index (χ2v) is 6.96. The third-order valence-electron chi connectivity index (χ3n) is 3.82. The van der Waals surface area contributed by atoms with Crippen molar-refractivity contribution in [1.82, 2.24) is 19.5 Å². The molecule has 3 N–H and O–H groups in total. The van der Waals surface area contributed by atoms with Crippen molar-refractivity contribution in [3.63, 3.8) is 0 Å². The van der Waals surface area contributed by atoms with Crippen LogP contribution in [-0.4, -0.2) is 43.9 Å². The molecule has 0 unspecified atom stereocenters. The highest BCUT2D eigenvalue weighted by molar-refractivity contribution is 6.33. The predicted octanol–water partition coefficient (Wildman–Crippen LogP) is 2.50. The lowest BCUT2D eigenvalue weighted by atomic mass is 10.1. The van der Waals surface area contributed by atoms with Gasteiger partial charge in [0.2, 0.25) is 5.95 Å². The molecule has 0 radical (unpaired) electrons. The van der Waals surface area contributed by atoms with Crippen LogP contribution in [0.25, 0.3) is 22.2 Å². The lowest BCUT2D eigenvalue weighted by Gasteiger charge is -2.06. The van der Waals surface area contributed by atoms with Gasteiger partial charge in [-0.25, -0.2) is 15.0 Å². The average molecular weight is 386 g/mol. The van der Waals surface area contributed by atoms with Gasteiger partial charge in [-0.2, -0.15) is 0 Å².